The number of halogens is 1. The number of rotatable bonds is 2. The van der Waals surface area contributed by atoms with Crippen molar-refractivity contribution in [2.24, 2.45) is 0 Å². The third-order valence-corrected chi connectivity index (χ3v) is 4.37. The molecule has 2 aromatic rings. The van der Waals surface area contributed by atoms with Gasteiger partial charge in [-0.1, -0.05) is 12.1 Å². The second-order valence-electron chi connectivity index (χ2n) is 5.74. The first kappa shape index (κ1) is 16.5. The Morgan fingerprint density at radius 3 is 2.54 bits per heavy atom. The molecule has 5 heteroatoms. The lowest BCUT2D eigenvalue weighted by Gasteiger charge is -2.08. The Balaban J connectivity index is 1.94. The summed E-state index contributed by atoms with van der Waals surface area (Å²) in [6, 6.07) is 10.3. The highest BCUT2D eigenvalue weighted by Crippen LogP contribution is 2.38. The molecule has 0 aliphatic carbocycles. The molecule has 1 aliphatic heterocycles. The minimum absolute atomic E-state index is 0.133. The van der Waals surface area contributed by atoms with Crippen LogP contribution in [0.1, 0.15) is 40.1 Å². The van der Waals surface area contributed by atoms with Crippen LogP contribution in [0.15, 0.2) is 52.2 Å². The fourth-order valence-corrected chi connectivity index (χ4v) is 2.99. The van der Waals surface area contributed by atoms with Crippen molar-refractivity contribution in [3.63, 3.8) is 0 Å². The van der Waals surface area contributed by atoms with E-state index < -0.39 is 5.97 Å². The molecule has 3 rings (SSSR count). The van der Waals surface area contributed by atoms with Crippen molar-refractivity contribution in [3.8, 4) is 11.5 Å². The number of ether oxygens (including phenoxy) is 2. The average molecular weight is 387 g/mol. The number of carbonyl (C=O) groups is 2. The molecule has 0 spiro atoms. The lowest BCUT2D eigenvalue weighted by Crippen LogP contribution is -2.09. The third-order valence-electron chi connectivity index (χ3n) is 3.68. The van der Waals surface area contributed by atoms with E-state index in [1.807, 2.05) is 19.9 Å². The zero-order chi connectivity index (χ0) is 17.4. The Hall–Kier alpha value is -2.40. The number of benzene rings is 2. The first-order valence-corrected chi connectivity index (χ1v) is 8.19. The van der Waals surface area contributed by atoms with E-state index in [2.05, 4.69) is 15.9 Å². The summed E-state index contributed by atoms with van der Waals surface area (Å²) in [6.45, 7) is 5.44. The fourth-order valence-electron chi connectivity index (χ4n) is 2.54. The van der Waals surface area contributed by atoms with E-state index in [1.54, 1.807) is 37.3 Å². The number of fused-ring (bicyclic) bond motifs is 1. The van der Waals surface area contributed by atoms with Crippen LogP contribution in [0.2, 0.25) is 0 Å². The molecule has 0 saturated carbocycles. The summed E-state index contributed by atoms with van der Waals surface area (Å²) in [4.78, 5) is 24.7. The Bertz CT molecular complexity index is 892. The molecule has 2 aromatic carbocycles. The maximum atomic E-state index is 12.4. The molecule has 0 N–H and O–H groups in total. The summed E-state index contributed by atoms with van der Waals surface area (Å²) >= 11 is 3.33. The summed E-state index contributed by atoms with van der Waals surface area (Å²) in [5.74, 6) is 0.489. The Morgan fingerprint density at radius 1 is 1.17 bits per heavy atom. The van der Waals surface area contributed by atoms with Crippen LogP contribution in [0.5, 0.6) is 11.5 Å². The van der Waals surface area contributed by atoms with Gasteiger partial charge in [-0.2, -0.15) is 0 Å². The SMILES string of the molecule is CC(C)=C1Oc2cc(OC(=O)c3ccccc3Br)cc(C)c2C1=O. The van der Waals surface area contributed by atoms with Crippen LogP contribution in [-0.2, 0) is 0 Å². The number of hydrogen-bond donors (Lipinski definition) is 0. The van der Waals surface area contributed by atoms with Crippen molar-refractivity contribution in [2.75, 3.05) is 0 Å². The number of aryl methyl sites for hydroxylation is 1. The van der Waals surface area contributed by atoms with Crippen molar-refractivity contribution in [3.05, 3.63) is 68.9 Å². The zero-order valence-electron chi connectivity index (χ0n) is 13.5. The highest BCUT2D eigenvalue weighted by Gasteiger charge is 2.31. The van der Waals surface area contributed by atoms with Crippen LogP contribution in [0.25, 0.3) is 0 Å². The molecule has 0 amide bonds. The van der Waals surface area contributed by atoms with E-state index in [4.69, 9.17) is 9.47 Å². The highest BCUT2D eigenvalue weighted by atomic mass is 79.9. The molecule has 1 heterocycles. The number of allylic oxidation sites excluding steroid dienone is 2. The minimum atomic E-state index is -0.478. The summed E-state index contributed by atoms with van der Waals surface area (Å²) in [6.07, 6.45) is 0. The topological polar surface area (TPSA) is 52.6 Å². The van der Waals surface area contributed by atoms with Gasteiger partial charge in [0.1, 0.15) is 11.5 Å². The van der Waals surface area contributed by atoms with Gasteiger partial charge in [-0.15, -0.1) is 0 Å². The van der Waals surface area contributed by atoms with Crippen molar-refractivity contribution < 1.29 is 19.1 Å². The van der Waals surface area contributed by atoms with Crippen molar-refractivity contribution in [1.29, 1.82) is 0 Å². The fraction of sp³-hybridized carbons (Fsp3) is 0.158. The van der Waals surface area contributed by atoms with Crippen LogP contribution < -0.4 is 9.47 Å². The molecule has 24 heavy (non-hydrogen) atoms. The van der Waals surface area contributed by atoms with Gasteiger partial charge >= 0.3 is 5.97 Å². The summed E-state index contributed by atoms with van der Waals surface area (Å²) < 4.78 is 11.7. The molecule has 0 saturated heterocycles. The molecule has 0 aromatic heterocycles. The Labute approximate surface area is 148 Å². The molecular formula is C19H15BrO4. The molecule has 0 radical (unpaired) electrons. The first-order chi connectivity index (χ1) is 11.4. The molecule has 0 bridgehead atoms. The molecule has 0 fully saturated rings. The Kier molecular flexibility index (Phi) is 4.28. The van der Waals surface area contributed by atoms with Crippen LogP contribution in [0.4, 0.5) is 0 Å². The molecule has 1 aliphatic rings. The van der Waals surface area contributed by atoms with Gasteiger partial charge < -0.3 is 9.47 Å². The summed E-state index contributed by atoms with van der Waals surface area (Å²) in [5, 5.41) is 0. The van der Waals surface area contributed by atoms with Crippen LogP contribution in [0, 0.1) is 6.92 Å². The van der Waals surface area contributed by atoms with Gasteiger partial charge in [0.15, 0.2) is 5.76 Å². The Morgan fingerprint density at radius 2 is 1.88 bits per heavy atom. The normalized spacial score (nSPS) is 12.7. The van der Waals surface area contributed by atoms with Crippen molar-refractivity contribution in [2.45, 2.75) is 20.8 Å². The van der Waals surface area contributed by atoms with Crippen LogP contribution >= 0.6 is 15.9 Å². The highest BCUT2D eigenvalue weighted by molar-refractivity contribution is 9.10. The van der Waals surface area contributed by atoms with Gasteiger partial charge in [0, 0.05) is 10.5 Å². The van der Waals surface area contributed by atoms with Gasteiger partial charge in [0.2, 0.25) is 5.78 Å². The van der Waals surface area contributed by atoms with Gasteiger partial charge in [-0.05, 0) is 66.0 Å². The number of esters is 1. The number of ketones is 1. The predicted octanol–water partition coefficient (Wildman–Crippen LogP) is 4.85. The molecule has 4 nitrogen and oxygen atoms in total. The standard InChI is InChI=1S/C19H15BrO4/c1-10(2)18-17(21)16-11(3)8-12(9-15(16)24-18)23-19(22)13-6-4-5-7-14(13)20/h4-9H,1-3H3. The average Bonchev–Trinajstić information content (AvgIpc) is 2.85. The van der Waals surface area contributed by atoms with Gasteiger partial charge in [-0.25, -0.2) is 4.79 Å². The van der Waals surface area contributed by atoms with E-state index in [9.17, 15) is 9.59 Å². The summed E-state index contributed by atoms with van der Waals surface area (Å²) in [5.41, 5.74) is 2.47. The molecular weight excluding hydrogens is 372 g/mol. The maximum Gasteiger partial charge on any atom is 0.344 e. The largest absolute Gasteiger partial charge is 0.452 e. The number of Topliss-reactive ketones (excluding diaryl/α,β-unsaturated/α-hetero) is 1. The van der Waals surface area contributed by atoms with E-state index in [1.165, 1.54) is 0 Å². The molecule has 0 unspecified atom stereocenters. The minimum Gasteiger partial charge on any atom is -0.452 e. The van der Waals surface area contributed by atoms with Crippen molar-refractivity contribution in [1.82, 2.24) is 0 Å². The second-order valence-corrected chi connectivity index (χ2v) is 6.60. The smallest absolute Gasteiger partial charge is 0.344 e. The van der Waals surface area contributed by atoms with Gasteiger partial charge in [0.25, 0.3) is 0 Å². The third kappa shape index (κ3) is 2.87. The van der Waals surface area contributed by atoms with E-state index in [-0.39, 0.29) is 5.78 Å². The lowest BCUT2D eigenvalue weighted by atomic mass is 10.0. The number of carbonyl (C=O) groups excluding carboxylic acids is 2. The van der Waals surface area contributed by atoms with Gasteiger partial charge in [0.05, 0.1) is 11.1 Å². The van der Waals surface area contributed by atoms with Gasteiger partial charge in [-0.3, -0.25) is 4.79 Å². The van der Waals surface area contributed by atoms with Crippen LogP contribution in [-0.4, -0.2) is 11.8 Å². The molecule has 0 atom stereocenters. The van der Waals surface area contributed by atoms with Crippen molar-refractivity contribution >= 4 is 27.7 Å². The number of hydrogen-bond acceptors (Lipinski definition) is 4. The zero-order valence-corrected chi connectivity index (χ0v) is 15.1. The monoisotopic (exact) mass is 386 g/mol. The molecule has 122 valence electrons. The lowest BCUT2D eigenvalue weighted by molar-refractivity contribution is 0.0733. The second kappa shape index (κ2) is 6.24. The predicted molar refractivity (Wildman–Crippen MR) is 93.6 cm³/mol. The van der Waals surface area contributed by atoms with E-state index in [0.717, 1.165) is 5.57 Å². The first-order valence-electron chi connectivity index (χ1n) is 7.40. The van der Waals surface area contributed by atoms with E-state index >= 15 is 0 Å². The van der Waals surface area contributed by atoms with E-state index in [0.29, 0.717) is 38.4 Å². The van der Waals surface area contributed by atoms with Crippen LogP contribution in [0.3, 0.4) is 0 Å². The quantitative estimate of drug-likeness (QED) is 0.420. The maximum absolute atomic E-state index is 12.4. The summed E-state index contributed by atoms with van der Waals surface area (Å²) in [7, 11) is 0.